The molecule has 0 radical (unpaired) electrons. The van der Waals surface area contributed by atoms with Crippen LogP contribution in [0.15, 0.2) is 34.9 Å². The van der Waals surface area contributed by atoms with Crippen molar-refractivity contribution in [1.29, 1.82) is 0 Å². The van der Waals surface area contributed by atoms with Crippen LogP contribution in [-0.2, 0) is 12.8 Å². The standard InChI is InChI=1S/C27H32N2O2/c1-6-28-27(30)25-24(21-12-11-19-9-7-8-10-20(19)14-21)26(31-29-25)23-15-22(16(2)3)17(4)13-18(23)5/h11-16H,6-10H2,1-5H3,(H,28,30). The quantitative estimate of drug-likeness (QED) is 0.525. The minimum atomic E-state index is -0.195. The number of carbonyl (C=O) groups excluding carboxylic acids is 1. The number of benzene rings is 2. The topological polar surface area (TPSA) is 55.1 Å². The predicted octanol–water partition coefficient (Wildman–Crippen LogP) is 6.38. The van der Waals surface area contributed by atoms with Gasteiger partial charge in [0.25, 0.3) is 5.91 Å². The van der Waals surface area contributed by atoms with Crippen molar-refractivity contribution in [3.8, 4) is 22.5 Å². The highest BCUT2D eigenvalue weighted by Crippen LogP contribution is 2.40. The molecule has 0 fully saturated rings. The maximum atomic E-state index is 12.9. The Morgan fingerprint density at radius 3 is 2.52 bits per heavy atom. The Hall–Kier alpha value is -2.88. The molecule has 1 heterocycles. The minimum Gasteiger partial charge on any atom is -0.355 e. The minimum absolute atomic E-state index is 0.195. The van der Waals surface area contributed by atoms with Gasteiger partial charge in [-0.15, -0.1) is 0 Å². The molecule has 0 bridgehead atoms. The van der Waals surface area contributed by atoms with E-state index in [1.54, 1.807) is 0 Å². The van der Waals surface area contributed by atoms with Gasteiger partial charge in [0.05, 0.1) is 5.56 Å². The van der Waals surface area contributed by atoms with E-state index in [2.05, 4.69) is 68.5 Å². The van der Waals surface area contributed by atoms with Gasteiger partial charge in [-0.05, 0) is 91.8 Å². The SMILES string of the molecule is CCNC(=O)c1noc(-c2cc(C(C)C)c(C)cc2C)c1-c1ccc2c(c1)CCCC2. The first-order valence-corrected chi connectivity index (χ1v) is 11.4. The molecule has 3 aromatic rings. The summed E-state index contributed by atoms with van der Waals surface area (Å²) in [5.74, 6) is 0.882. The van der Waals surface area contributed by atoms with E-state index in [-0.39, 0.29) is 5.91 Å². The number of carbonyl (C=O) groups is 1. The number of rotatable bonds is 5. The van der Waals surface area contributed by atoms with Crippen molar-refractivity contribution in [2.75, 3.05) is 6.54 Å². The van der Waals surface area contributed by atoms with E-state index in [1.165, 1.54) is 35.1 Å². The average molecular weight is 417 g/mol. The first kappa shape index (κ1) is 21.4. The Morgan fingerprint density at radius 2 is 1.81 bits per heavy atom. The lowest BCUT2D eigenvalue weighted by Gasteiger charge is -2.17. The predicted molar refractivity (Wildman–Crippen MR) is 126 cm³/mol. The van der Waals surface area contributed by atoms with Gasteiger partial charge in [-0.2, -0.15) is 0 Å². The summed E-state index contributed by atoms with van der Waals surface area (Å²) in [7, 11) is 0. The number of aryl methyl sites for hydroxylation is 4. The zero-order valence-corrected chi connectivity index (χ0v) is 19.3. The van der Waals surface area contributed by atoms with E-state index in [1.807, 2.05) is 6.92 Å². The molecule has 1 aliphatic rings. The summed E-state index contributed by atoms with van der Waals surface area (Å²) in [6, 6.07) is 11.0. The van der Waals surface area contributed by atoms with E-state index in [0.29, 0.717) is 23.9 Å². The largest absolute Gasteiger partial charge is 0.355 e. The first-order chi connectivity index (χ1) is 14.9. The van der Waals surface area contributed by atoms with Crippen LogP contribution < -0.4 is 5.32 Å². The molecule has 4 nitrogen and oxygen atoms in total. The summed E-state index contributed by atoms with van der Waals surface area (Å²) >= 11 is 0. The molecule has 2 aromatic carbocycles. The molecule has 31 heavy (non-hydrogen) atoms. The summed E-state index contributed by atoms with van der Waals surface area (Å²) in [5, 5.41) is 7.14. The van der Waals surface area contributed by atoms with Crippen LogP contribution in [0.2, 0.25) is 0 Å². The molecule has 0 saturated heterocycles. The van der Waals surface area contributed by atoms with E-state index < -0.39 is 0 Å². The van der Waals surface area contributed by atoms with Gasteiger partial charge in [0, 0.05) is 12.1 Å². The molecular formula is C27H32N2O2. The number of hydrogen-bond donors (Lipinski definition) is 1. The highest BCUT2D eigenvalue weighted by molar-refractivity contribution is 6.02. The van der Waals surface area contributed by atoms with Crippen LogP contribution in [-0.4, -0.2) is 17.6 Å². The molecule has 1 N–H and O–H groups in total. The number of hydrogen-bond acceptors (Lipinski definition) is 3. The van der Waals surface area contributed by atoms with Gasteiger partial charge < -0.3 is 9.84 Å². The molecule has 0 aliphatic heterocycles. The number of aromatic nitrogens is 1. The van der Waals surface area contributed by atoms with Crippen molar-refractivity contribution in [1.82, 2.24) is 10.5 Å². The maximum absolute atomic E-state index is 12.9. The van der Waals surface area contributed by atoms with Gasteiger partial charge in [-0.25, -0.2) is 0 Å². The fraction of sp³-hybridized carbons (Fsp3) is 0.407. The van der Waals surface area contributed by atoms with E-state index in [0.717, 1.165) is 35.1 Å². The van der Waals surface area contributed by atoms with Crippen LogP contribution in [0.3, 0.4) is 0 Å². The fourth-order valence-electron chi connectivity index (χ4n) is 4.77. The molecule has 162 valence electrons. The summed E-state index contributed by atoms with van der Waals surface area (Å²) in [4.78, 5) is 12.9. The van der Waals surface area contributed by atoms with Crippen molar-refractivity contribution >= 4 is 5.91 Å². The second-order valence-corrected chi connectivity index (χ2v) is 8.96. The summed E-state index contributed by atoms with van der Waals surface area (Å²) in [6.45, 7) is 11.1. The van der Waals surface area contributed by atoms with Crippen LogP contribution in [0.1, 0.15) is 77.8 Å². The lowest BCUT2D eigenvalue weighted by atomic mass is 9.87. The van der Waals surface area contributed by atoms with Crippen molar-refractivity contribution in [2.24, 2.45) is 0 Å². The Balaban J connectivity index is 1.93. The van der Waals surface area contributed by atoms with Gasteiger partial charge in [-0.3, -0.25) is 4.79 Å². The number of amides is 1. The molecule has 0 atom stereocenters. The van der Waals surface area contributed by atoms with Crippen LogP contribution in [0, 0.1) is 13.8 Å². The van der Waals surface area contributed by atoms with E-state index in [9.17, 15) is 4.79 Å². The molecule has 0 spiro atoms. The van der Waals surface area contributed by atoms with Gasteiger partial charge >= 0.3 is 0 Å². The molecule has 1 amide bonds. The molecular weight excluding hydrogens is 384 g/mol. The maximum Gasteiger partial charge on any atom is 0.274 e. The number of fused-ring (bicyclic) bond motifs is 1. The van der Waals surface area contributed by atoms with Crippen LogP contribution in [0.5, 0.6) is 0 Å². The van der Waals surface area contributed by atoms with Gasteiger partial charge in [0.1, 0.15) is 0 Å². The Kier molecular flexibility index (Phi) is 5.99. The van der Waals surface area contributed by atoms with Crippen molar-refractivity contribution in [3.05, 3.63) is 63.8 Å². The third kappa shape index (κ3) is 4.04. The monoisotopic (exact) mass is 416 g/mol. The molecule has 1 aromatic heterocycles. The third-order valence-electron chi connectivity index (χ3n) is 6.36. The van der Waals surface area contributed by atoms with Crippen LogP contribution in [0.25, 0.3) is 22.5 Å². The average Bonchev–Trinajstić information content (AvgIpc) is 3.18. The summed E-state index contributed by atoms with van der Waals surface area (Å²) in [6.07, 6.45) is 4.67. The number of nitrogens with zero attached hydrogens (tertiary/aromatic N) is 1. The molecule has 0 saturated carbocycles. The lowest BCUT2D eigenvalue weighted by Crippen LogP contribution is -2.23. The van der Waals surface area contributed by atoms with Crippen molar-refractivity contribution < 1.29 is 9.32 Å². The number of nitrogens with one attached hydrogen (secondary N) is 1. The Morgan fingerprint density at radius 1 is 1.06 bits per heavy atom. The van der Waals surface area contributed by atoms with Crippen LogP contribution in [0.4, 0.5) is 0 Å². The molecule has 4 rings (SSSR count). The second kappa shape index (κ2) is 8.70. The summed E-state index contributed by atoms with van der Waals surface area (Å²) in [5.41, 5.74) is 9.64. The van der Waals surface area contributed by atoms with Crippen molar-refractivity contribution in [3.63, 3.8) is 0 Å². The normalized spacial score (nSPS) is 13.4. The zero-order chi connectivity index (χ0) is 22.1. The third-order valence-corrected chi connectivity index (χ3v) is 6.36. The Labute approximate surface area is 185 Å². The first-order valence-electron chi connectivity index (χ1n) is 11.4. The highest BCUT2D eigenvalue weighted by Gasteiger charge is 2.26. The highest BCUT2D eigenvalue weighted by atomic mass is 16.5. The molecule has 4 heteroatoms. The van der Waals surface area contributed by atoms with Crippen molar-refractivity contribution in [2.45, 2.75) is 66.2 Å². The zero-order valence-electron chi connectivity index (χ0n) is 19.3. The molecule has 0 unspecified atom stereocenters. The Bertz CT molecular complexity index is 1120. The smallest absolute Gasteiger partial charge is 0.274 e. The van der Waals surface area contributed by atoms with Gasteiger partial charge in [-0.1, -0.05) is 43.3 Å². The van der Waals surface area contributed by atoms with Gasteiger partial charge in [0.2, 0.25) is 0 Å². The molecule has 1 aliphatic carbocycles. The van der Waals surface area contributed by atoms with E-state index >= 15 is 0 Å². The lowest BCUT2D eigenvalue weighted by molar-refractivity contribution is 0.0947. The summed E-state index contributed by atoms with van der Waals surface area (Å²) < 4.78 is 5.89. The van der Waals surface area contributed by atoms with E-state index in [4.69, 9.17) is 4.52 Å². The van der Waals surface area contributed by atoms with Crippen LogP contribution >= 0.6 is 0 Å². The fourth-order valence-corrected chi connectivity index (χ4v) is 4.77. The van der Waals surface area contributed by atoms with Gasteiger partial charge in [0.15, 0.2) is 11.5 Å². The second-order valence-electron chi connectivity index (χ2n) is 8.96.